The molecule has 0 saturated carbocycles. The standard InChI is InChI=1S/C24H22N2O5/c1-16-8-4-5-10-20(16)25-22(27)17-11-13-18(14-12-17)26-15-7-6-9-19(23(28)30-2)21(26)24(29)31-3/h4-15H,1-3H3,(H,25,27). The molecule has 1 heterocycles. The molecule has 3 rings (SSSR count). The summed E-state index contributed by atoms with van der Waals surface area (Å²) in [7, 11) is 2.47. The molecule has 158 valence electrons. The predicted molar refractivity (Wildman–Crippen MR) is 117 cm³/mol. The summed E-state index contributed by atoms with van der Waals surface area (Å²) in [5.41, 5.74) is 2.77. The van der Waals surface area contributed by atoms with Gasteiger partial charge in [0.25, 0.3) is 5.91 Å². The van der Waals surface area contributed by atoms with Crippen molar-refractivity contribution < 1.29 is 23.9 Å². The van der Waals surface area contributed by atoms with E-state index in [-0.39, 0.29) is 17.2 Å². The van der Waals surface area contributed by atoms with Gasteiger partial charge in [0.15, 0.2) is 0 Å². The topological polar surface area (TPSA) is 84.9 Å². The maximum Gasteiger partial charge on any atom is 0.355 e. The van der Waals surface area contributed by atoms with Gasteiger partial charge in [-0.15, -0.1) is 0 Å². The minimum Gasteiger partial charge on any atom is -0.465 e. The number of methoxy groups -OCH3 is 2. The van der Waals surface area contributed by atoms with Gasteiger partial charge in [0.2, 0.25) is 0 Å². The first-order valence-electron chi connectivity index (χ1n) is 9.48. The number of carbonyl (C=O) groups is 3. The average Bonchev–Trinajstić information content (AvgIpc) is 3.02. The van der Waals surface area contributed by atoms with Gasteiger partial charge in [-0.25, -0.2) is 9.59 Å². The van der Waals surface area contributed by atoms with Crippen molar-refractivity contribution in [2.24, 2.45) is 0 Å². The Balaban J connectivity index is 1.92. The Hall–Kier alpha value is -4.13. The molecular formula is C24H22N2O5. The fourth-order valence-electron chi connectivity index (χ4n) is 3.05. The Morgan fingerprint density at radius 3 is 2.19 bits per heavy atom. The molecule has 7 heteroatoms. The monoisotopic (exact) mass is 418 g/mol. The van der Waals surface area contributed by atoms with E-state index in [1.54, 1.807) is 42.6 Å². The Labute approximate surface area is 180 Å². The Morgan fingerprint density at radius 1 is 0.871 bits per heavy atom. The second-order valence-corrected chi connectivity index (χ2v) is 6.63. The molecule has 0 spiro atoms. The minimum absolute atomic E-state index is 0.0106. The molecule has 1 aliphatic heterocycles. The van der Waals surface area contributed by atoms with Crippen molar-refractivity contribution in [2.45, 2.75) is 6.92 Å². The number of para-hydroxylation sites is 1. The molecule has 0 aliphatic carbocycles. The number of rotatable bonds is 5. The van der Waals surface area contributed by atoms with Gasteiger partial charge in [-0.3, -0.25) is 4.79 Å². The quantitative estimate of drug-likeness (QED) is 0.745. The molecule has 0 saturated heterocycles. The molecule has 2 aromatic rings. The molecule has 2 aromatic carbocycles. The van der Waals surface area contributed by atoms with E-state index in [2.05, 4.69) is 5.32 Å². The molecule has 0 radical (unpaired) electrons. The molecule has 7 nitrogen and oxygen atoms in total. The summed E-state index contributed by atoms with van der Waals surface area (Å²) in [5, 5.41) is 2.88. The number of amides is 1. The number of hydrogen-bond donors (Lipinski definition) is 1. The van der Waals surface area contributed by atoms with Crippen LogP contribution in [0, 0.1) is 6.92 Å². The Kier molecular flexibility index (Phi) is 6.67. The van der Waals surface area contributed by atoms with Crippen molar-refractivity contribution in [1.82, 2.24) is 0 Å². The lowest BCUT2D eigenvalue weighted by Gasteiger charge is -2.23. The molecule has 0 atom stereocenters. The normalized spacial score (nSPS) is 12.9. The zero-order valence-corrected chi connectivity index (χ0v) is 17.4. The number of aryl methyl sites for hydroxylation is 1. The summed E-state index contributed by atoms with van der Waals surface area (Å²) in [5.74, 6) is -1.62. The van der Waals surface area contributed by atoms with Crippen molar-refractivity contribution in [2.75, 3.05) is 24.4 Å². The second kappa shape index (κ2) is 9.58. The van der Waals surface area contributed by atoms with Crippen LogP contribution in [0.1, 0.15) is 15.9 Å². The van der Waals surface area contributed by atoms with Crippen LogP contribution in [0.25, 0.3) is 0 Å². The molecule has 0 fully saturated rings. The Morgan fingerprint density at radius 2 is 1.55 bits per heavy atom. The molecule has 0 aromatic heterocycles. The SMILES string of the molecule is COC(=O)C1=C(C(=O)OC)N(c2ccc(C(=O)Nc3ccccc3C)cc2)C=CC=C1. The fourth-order valence-corrected chi connectivity index (χ4v) is 3.05. The summed E-state index contributed by atoms with van der Waals surface area (Å²) in [4.78, 5) is 38.8. The third-order valence-corrected chi connectivity index (χ3v) is 4.69. The molecule has 1 N–H and O–H groups in total. The smallest absolute Gasteiger partial charge is 0.355 e. The largest absolute Gasteiger partial charge is 0.465 e. The van der Waals surface area contributed by atoms with Crippen LogP contribution >= 0.6 is 0 Å². The van der Waals surface area contributed by atoms with E-state index in [4.69, 9.17) is 9.47 Å². The van der Waals surface area contributed by atoms with Gasteiger partial charge < -0.3 is 19.7 Å². The van der Waals surface area contributed by atoms with E-state index in [0.29, 0.717) is 11.3 Å². The third-order valence-electron chi connectivity index (χ3n) is 4.69. The number of allylic oxidation sites excluding steroid dienone is 2. The van der Waals surface area contributed by atoms with Gasteiger partial charge in [0.05, 0.1) is 19.8 Å². The lowest BCUT2D eigenvalue weighted by molar-refractivity contribution is -0.139. The lowest BCUT2D eigenvalue weighted by Crippen LogP contribution is -2.27. The van der Waals surface area contributed by atoms with Crippen molar-refractivity contribution in [3.8, 4) is 0 Å². The number of nitrogens with zero attached hydrogens (tertiary/aromatic N) is 1. The highest BCUT2D eigenvalue weighted by Gasteiger charge is 2.27. The van der Waals surface area contributed by atoms with Crippen LogP contribution in [0.15, 0.2) is 84.2 Å². The average molecular weight is 418 g/mol. The van der Waals surface area contributed by atoms with Gasteiger partial charge >= 0.3 is 11.9 Å². The van der Waals surface area contributed by atoms with Crippen molar-refractivity contribution in [3.63, 3.8) is 0 Å². The second-order valence-electron chi connectivity index (χ2n) is 6.63. The molecular weight excluding hydrogens is 396 g/mol. The first-order valence-corrected chi connectivity index (χ1v) is 9.48. The van der Waals surface area contributed by atoms with Crippen LogP contribution in [0.5, 0.6) is 0 Å². The summed E-state index contributed by atoms with van der Waals surface area (Å²) < 4.78 is 9.69. The molecule has 1 amide bonds. The van der Waals surface area contributed by atoms with Crippen LogP contribution in [-0.4, -0.2) is 32.1 Å². The van der Waals surface area contributed by atoms with Crippen molar-refractivity contribution in [3.05, 3.63) is 95.4 Å². The van der Waals surface area contributed by atoms with Gasteiger partial charge in [-0.2, -0.15) is 0 Å². The summed E-state index contributed by atoms with van der Waals surface area (Å²) in [6.07, 6.45) is 6.41. The summed E-state index contributed by atoms with van der Waals surface area (Å²) >= 11 is 0. The highest BCUT2D eigenvalue weighted by molar-refractivity contribution is 6.06. The number of nitrogens with one attached hydrogen (secondary N) is 1. The van der Waals surface area contributed by atoms with E-state index in [1.165, 1.54) is 25.2 Å². The predicted octanol–water partition coefficient (Wildman–Crippen LogP) is 3.74. The van der Waals surface area contributed by atoms with E-state index in [0.717, 1.165) is 11.3 Å². The van der Waals surface area contributed by atoms with Gasteiger partial charge in [0, 0.05) is 23.1 Å². The number of carbonyl (C=O) groups excluding carboxylic acids is 3. The van der Waals surface area contributed by atoms with Crippen molar-refractivity contribution >= 4 is 29.2 Å². The van der Waals surface area contributed by atoms with Crippen LogP contribution in [0.4, 0.5) is 11.4 Å². The van der Waals surface area contributed by atoms with E-state index in [9.17, 15) is 14.4 Å². The van der Waals surface area contributed by atoms with E-state index < -0.39 is 11.9 Å². The molecule has 31 heavy (non-hydrogen) atoms. The van der Waals surface area contributed by atoms with Crippen LogP contribution in [0.3, 0.4) is 0 Å². The van der Waals surface area contributed by atoms with Crippen LogP contribution in [0.2, 0.25) is 0 Å². The number of ether oxygens (including phenoxy) is 2. The van der Waals surface area contributed by atoms with Gasteiger partial charge in [-0.05, 0) is 55.0 Å². The third kappa shape index (κ3) is 4.72. The molecule has 1 aliphatic rings. The highest BCUT2D eigenvalue weighted by Crippen LogP contribution is 2.27. The van der Waals surface area contributed by atoms with Crippen LogP contribution in [-0.2, 0) is 19.1 Å². The summed E-state index contributed by atoms with van der Waals surface area (Å²) in [6, 6.07) is 14.1. The van der Waals surface area contributed by atoms with Gasteiger partial charge in [0.1, 0.15) is 5.70 Å². The Bertz CT molecular complexity index is 1100. The number of benzene rings is 2. The maximum atomic E-state index is 12.6. The summed E-state index contributed by atoms with van der Waals surface area (Å²) in [6.45, 7) is 1.91. The van der Waals surface area contributed by atoms with E-state index >= 15 is 0 Å². The lowest BCUT2D eigenvalue weighted by atomic mass is 10.1. The first-order chi connectivity index (χ1) is 15.0. The van der Waals surface area contributed by atoms with Gasteiger partial charge in [-0.1, -0.05) is 24.3 Å². The number of hydrogen-bond acceptors (Lipinski definition) is 6. The zero-order valence-electron chi connectivity index (χ0n) is 17.4. The van der Waals surface area contributed by atoms with Crippen LogP contribution < -0.4 is 10.2 Å². The molecule has 0 unspecified atom stereocenters. The number of esters is 2. The minimum atomic E-state index is -0.696. The van der Waals surface area contributed by atoms with Crippen molar-refractivity contribution in [1.29, 1.82) is 0 Å². The molecule has 0 bridgehead atoms. The number of anilines is 2. The highest BCUT2D eigenvalue weighted by atomic mass is 16.5. The van der Waals surface area contributed by atoms with E-state index in [1.807, 2.05) is 31.2 Å². The zero-order chi connectivity index (χ0) is 22.4. The maximum absolute atomic E-state index is 12.6. The first kappa shape index (κ1) is 21.6. The fraction of sp³-hybridized carbons (Fsp3) is 0.125.